The molecule has 1 unspecified atom stereocenters. The molecule has 1 aromatic carbocycles. The Morgan fingerprint density at radius 1 is 1.28 bits per heavy atom. The largest absolute Gasteiger partial charge is 0.493 e. The molecule has 18 heavy (non-hydrogen) atoms. The minimum atomic E-state index is -0.194. The fourth-order valence-corrected chi connectivity index (χ4v) is 1.75. The number of ether oxygens (including phenoxy) is 1. The molecule has 0 aliphatic heterocycles. The van der Waals surface area contributed by atoms with Crippen LogP contribution in [0.25, 0.3) is 0 Å². The van der Waals surface area contributed by atoms with E-state index in [9.17, 15) is 4.39 Å². The third-order valence-corrected chi connectivity index (χ3v) is 2.91. The molecule has 0 aliphatic carbocycles. The summed E-state index contributed by atoms with van der Waals surface area (Å²) in [6.07, 6.45) is 3.13. The Hall–Kier alpha value is -1.09. The zero-order chi connectivity index (χ0) is 13.4. The number of unbranched alkanes of at least 4 members (excludes halogenated alkanes) is 1. The summed E-state index contributed by atoms with van der Waals surface area (Å²) in [7, 11) is 0. The van der Waals surface area contributed by atoms with E-state index in [0.29, 0.717) is 17.9 Å². The lowest BCUT2D eigenvalue weighted by molar-refractivity contribution is 0.307. The van der Waals surface area contributed by atoms with Crippen LogP contribution in [-0.2, 0) is 0 Å². The maximum atomic E-state index is 13.9. The molecule has 1 N–H and O–H groups in total. The highest BCUT2D eigenvalue weighted by Crippen LogP contribution is 2.22. The standard InChI is InChI=1S/C15H24FNO/c1-4-6-10-18-13-7-8-14(15(16)11-13)12(3)17-9-5-2/h7-8,11-12,17H,4-6,9-10H2,1-3H3. The van der Waals surface area contributed by atoms with E-state index < -0.39 is 0 Å². The van der Waals surface area contributed by atoms with E-state index in [0.717, 1.165) is 25.8 Å². The van der Waals surface area contributed by atoms with Crippen LogP contribution < -0.4 is 10.1 Å². The van der Waals surface area contributed by atoms with Gasteiger partial charge in [-0.05, 0) is 32.4 Å². The molecule has 102 valence electrons. The highest BCUT2D eigenvalue weighted by molar-refractivity contribution is 5.30. The third-order valence-electron chi connectivity index (χ3n) is 2.91. The molecule has 0 spiro atoms. The van der Waals surface area contributed by atoms with Crippen molar-refractivity contribution in [2.45, 2.75) is 46.1 Å². The number of rotatable bonds is 8. The van der Waals surface area contributed by atoms with Gasteiger partial charge in [-0.1, -0.05) is 26.3 Å². The zero-order valence-corrected chi connectivity index (χ0v) is 11.6. The van der Waals surface area contributed by atoms with Gasteiger partial charge in [0.15, 0.2) is 0 Å². The zero-order valence-electron chi connectivity index (χ0n) is 11.6. The van der Waals surface area contributed by atoms with Crippen molar-refractivity contribution in [1.29, 1.82) is 0 Å². The molecule has 1 rings (SSSR count). The van der Waals surface area contributed by atoms with Crippen molar-refractivity contribution in [3.05, 3.63) is 29.6 Å². The molecule has 0 aromatic heterocycles. The number of benzene rings is 1. The summed E-state index contributed by atoms with van der Waals surface area (Å²) in [6.45, 7) is 7.73. The summed E-state index contributed by atoms with van der Waals surface area (Å²) >= 11 is 0. The van der Waals surface area contributed by atoms with Crippen molar-refractivity contribution < 1.29 is 9.13 Å². The van der Waals surface area contributed by atoms with Gasteiger partial charge in [-0.2, -0.15) is 0 Å². The van der Waals surface area contributed by atoms with Crippen LogP contribution in [0.3, 0.4) is 0 Å². The Bertz CT molecular complexity index is 354. The first-order valence-corrected chi connectivity index (χ1v) is 6.84. The van der Waals surface area contributed by atoms with E-state index in [1.54, 1.807) is 0 Å². The van der Waals surface area contributed by atoms with E-state index in [4.69, 9.17) is 4.74 Å². The molecule has 2 nitrogen and oxygen atoms in total. The van der Waals surface area contributed by atoms with Crippen LogP contribution in [0.2, 0.25) is 0 Å². The van der Waals surface area contributed by atoms with Crippen LogP contribution in [0.5, 0.6) is 5.75 Å². The van der Waals surface area contributed by atoms with E-state index in [1.807, 2.05) is 19.1 Å². The second-order valence-electron chi connectivity index (χ2n) is 4.56. The second kappa shape index (κ2) is 8.09. The van der Waals surface area contributed by atoms with Crippen LogP contribution >= 0.6 is 0 Å². The monoisotopic (exact) mass is 253 g/mol. The lowest BCUT2D eigenvalue weighted by atomic mass is 10.1. The molecule has 1 aromatic rings. The van der Waals surface area contributed by atoms with Crippen LogP contribution in [0.15, 0.2) is 18.2 Å². The number of hydrogen-bond donors (Lipinski definition) is 1. The van der Waals surface area contributed by atoms with Crippen molar-refractivity contribution in [3.8, 4) is 5.75 Å². The third kappa shape index (κ3) is 4.65. The summed E-state index contributed by atoms with van der Waals surface area (Å²) in [5, 5.41) is 3.28. The molecule has 3 heteroatoms. The summed E-state index contributed by atoms with van der Waals surface area (Å²) in [4.78, 5) is 0. The molecule has 0 radical (unpaired) electrons. The molecule has 0 bridgehead atoms. The first kappa shape index (κ1) is 15.0. The van der Waals surface area contributed by atoms with Gasteiger partial charge in [0, 0.05) is 17.7 Å². The fourth-order valence-electron chi connectivity index (χ4n) is 1.75. The van der Waals surface area contributed by atoms with Crippen molar-refractivity contribution >= 4 is 0 Å². The van der Waals surface area contributed by atoms with Crippen LogP contribution in [0.4, 0.5) is 4.39 Å². The average molecular weight is 253 g/mol. The predicted octanol–water partition coefficient (Wildman–Crippen LogP) is 4.07. The van der Waals surface area contributed by atoms with Gasteiger partial charge in [0.05, 0.1) is 6.61 Å². The van der Waals surface area contributed by atoms with Gasteiger partial charge in [-0.3, -0.25) is 0 Å². The SMILES string of the molecule is CCCCOc1ccc(C(C)NCCC)c(F)c1. The van der Waals surface area contributed by atoms with Crippen LogP contribution in [0, 0.1) is 5.82 Å². The topological polar surface area (TPSA) is 21.3 Å². The lowest BCUT2D eigenvalue weighted by Crippen LogP contribution is -2.20. The molecular formula is C15H24FNO. The molecule has 0 aliphatic rings. The van der Waals surface area contributed by atoms with Gasteiger partial charge in [0.1, 0.15) is 11.6 Å². The van der Waals surface area contributed by atoms with Crippen molar-refractivity contribution in [3.63, 3.8) is 0 Å². The number of nitrogens with one attached hydrogen (secondary N) is 1. The maximum Gasteiger partial charge on any atom is 0.131 e. The molecule has 0 heterocycles. The first-order valence-electron chi connectivity index (χ1n) is 6.84. The van der Waals surface area contributed by atoms with Crippen LogP contribution in [0.1, 0.15) is 51.6 Å². The Morgan fingerprint density at radius 3 is 2.67 bits per heavy atom. The van der Waals surface area contributed by atoms with E-state index >= 15 is 0 Å². The minimum absolute atomic E-state index is 0.0367. The molecule has 0 amide bonds. The summed E-state index contributed by atoms with van der Waals surface area (Å²) in [5.74, 6) is 0.424. The van der Waals surface area contributed by atoms with Crippen molar-refractivity contribution in [2.75, 3.05) is 13.2 Å². The van der Waals surface area contributed by atoms with E-state index in [2.05, 4.69) is 19.2 Å². The van der Waals surface area contributed by atoms with Crippen molar-refractivity contribution in [2.24, 2.45) is 0 Å². The van der Waals surface area contributed by atoms with Gasteiger partial charge < -0.3 is 10.1 Å². The Kier molecular flexibility index (Phi) is 6.73. The highest BCUT2D eigenvalue weighted by atomic mass is 19.1. The fraction of sp³-hybridized carbons (Fsp3) is 0.600. The number of hydrogen-bond acceptors (Lipinski definition) is 2. The van der Waals surface area contributed by atoms with Gasteiger partial charge in [0.2, 0.25) is 0 Å². The second-order valence-corrected chi connectivity index (χ2v) is 4.56. The highest BCUT2D eigenvalue weighted by Gasteiger charge is 2.10. The normalized spacial score (nSPS) is 12.4. The Labute approximate surface area is 110 Å². The van der Waals surface area contributed by atoms with Crippen molar-refractivity contribution in [1.82, 2.24) is 5.32 Å². The molecular weight excluding hydrogens is 229 g/mol. The lowest BCUT2D eigenvalue weighted by Gasteiger charge is -2.15. The molecule has 1 atom stereocenters. The van der Waals surface area contributed by atoms with Gasteiger partial charge in [-0.25, -0.2) is 4.39 Å². The predicted molar refractivity (Wildman–Crippen MR) is 73.5 cm³/mol. The first-order chi connectivity index (χ1) is 8.69. The summed E-state index contributed by atoms with van der Waals surface area (Å²) in [6, 6.07) is 5.17. The summed E-state index contributed by atoms with van der Waals surface area (Å²) < 4.78 is 19.4. The molecule has 0 saturated carbocycles. The Morgan fingerprint density at radius 2 is 2.06 bits per heavy atom. The summed E-state index contributed by atoms with van der Waals surface area (Å²) in [5.41, 5.74) is 0.700. The minimum Gasteiger partial charge on any atom is -0.493 e. The average Bonchev–Trinajstić information content (AvgIpc) is 2.36. The van der Waals surface area contributed by atoms with Crippen LogP contribution in [-0.4, -0.2) is 13.2 Å². The Balaban J connectivity index is 2.61. The van der Waals surface area contributed by atoms with Gasteiger partial charge in [-0.15, -0.1) is 0 Å². The van der Waals surface area contributed by atoms with Gasteiger partial charge in [0.25, 0.3) is 0 Å². The number of halogens is 1. The van der Waals surface area contributed by atoms with Gasteiger partial charge >= 0.3 is 0 Å². The van der Waals surface area contributed by atoms with E-state index in [-0.39, 0.29) is 11.9 Å². The van der Waals surface area contributed by atoms with E-state index in [1.165, 1.54) is 6.07 Å². The molecule has 0 saturated heterocycles. The quantitative estimate of drug-likeness (QED) is 0.705. The smallest absolute Gasteiger partial charge is 0.131 e. The maximum absolute atomic E-state index is 13.9. The molecule has 0 fully saturated rings.